The molecule has 0 aliphatic rings. The highest BCUT2D eigenvalue weighted by Gasteiger charge is 1.86. The van der Waals surface area contributed by atoms with Gasteiger partial charge in [0.05, 0.1) is 6.61 Å². The summed E-state index contributed by atoms with van der Waals surface area (Å²) in [5, 5.41) is 0. The minimum Gasteiger partial charge on any atom is -0.494 e. The van der Waals surface area contributed by atoms with Crippen LogP contribution in [0.15, 0.2) is 30.3 Å². The van der Waals surface area contributed by atoms with Gasteiger partial charge < -0.3 is 4.74 Å². The van der Waals surface area contributed by atoms with Crippen molar-refractivity contribution in [3.8, 4) is 5.75 Å². The molecule has 1 rings (SSSR count). The van der Waals surface area contributed by atoms with Crippen molar-refractivity contribution in [2.75, 3.05) is 6.61 Å². The van der Waals surface area contributed by atoms with E-state index in [0.717, 1.165) is 18.8 Å². The van der Waals surface area contributed by atoms with E-state index in [1.165, 1.54) is 0 Å². The maximum atomic E-state index is 8.74. The quantitative estimate of drug-likeness (QED) is 0.779. The van der Waals surface area contributed by atoms with E-state index in [0.29, 0.717) is 0 Å². The van der Waals surface area contributed by atoms with Gasteiger partial charge in [-0.25, -0.2) is 0 Å². The molecule has 5 nitrogen and oxygen atoms in total. The van der Waals surface area contributed by atoms with Gasteiger partial charge in [-0.15, -0.1) is 0 Å². The van der Waals surface area contributed by atoms with Crippen molar-refractivity contribution in [3.05, 3.63) is 30.3 Å². The van der Waals surface area contributed by atoms with Gasteiger partial charge in [-0.1, -0.05) is 25.1 Å². The summed E-state index contributed by atoms with van der Waals surface area (Å²) < 4.78 is 36.9. The van der Waals surface area contributed by atoms with Gasteiger partial charge in [-0.3, -0.25) is 9.11 Å². The number of benzene rings is 1. The van der Waals surface area contributed by atoms with E-state index in [1.54, 1.807) is 0 Å². The summed E-state index contributed by atoms with van der Waals surface area (Å²) >= 11 is 0. The fourth-order valence-corrected chi connectivity index (χ4v) is 0.737. The second-order valence-electron chi connectivity index (χ2n) is 2.61. The first-order chi connectivity index (χ1) is 6.93. The first-order valence-electron chi connectivity index (χ1n) is 4.31. The molecule has 1 aromatic rings. The Balaban J connectivity index is 0.000000336. The Morgan fingerprint density at radius 3 is 2.07 bits per heavy atom. The largest absolute Gasteiger partial charge is 0.494 e. The molecule has 0 saturated carbocycles. The Bertz CT molecular complexity index is 338. The Morgan fingerprint density at radius 1 is 1.20 bits per heavy atom. The fraction of sp³-hybridized carbons (Fsp3) is 0.333. The molecule has 0 atom stereocenters. The molecule has 0 saturated heterocycles. The van der Waals surface area contributed by atoms with E-state index >= 15 is 0 Å². The molecule has 0 amide bonds. The molecule has 0 aliphatic heterocycles. The van der Waals surface area contributed by atoms with Crippen LogP contribution in [0.5, 0.6) is 5.75 Å². The van der Waals surface area contributed by atoms with Crippen LogP contribution in [-0.2, 0) is 10.4 Å². The van der Waals surface area contributed by atoms with Gasteiger partial charge in [0.15, 0.2) is 0 Å². The van der Waals surface area contributed by atoms with Crippen molar-refractivity contribution >= 4 is 10.4 Å². The maximum Gasteiger partial charge on any atom is 0.394 e. The van der Waals surface area contributed by atoms with Crippen LogP contribution in [0.25, 0.3) is 0 Å². The predicted molar refractivity (Wildman–Crippen MR) is 56.4 cm³/mol. The third-order valence-corrected chi connectivity index (χ3v) is 1.22. The summed E-state index contributed by atoms with van der Waals surface area (Å²) in [6.07, 6.45) is 1.06. The SMILES string of the molecule is CCCOc1ccccc1.O=S(=O)(O)O. The molecular weight excluding hydrogens is 220 g/mol. The van der Waals surface area contributed by atoms with Gasteiger partial charge >= 0.3 is 10.4 Å². The zero-order chi connectivity index (χ0) is 11.7. The maximum absolute atomic E-state index is 8.74. The molecule has 0 bridgehead atoms. The van der Waals surface area contributed by atoms with Crippen LogP contribution in [0, 0.1) is 0 Å². The molecule has 0 unspecified atom stereocenters. The average molecular weight is 234 g/mol. The molecule has 0 radical (unpaired) electrons. The topological polar surface area (TPSA) is 83.8 Å². The smallest absolute Gasteiger partial charge is 0.394 e. The summed E-state index contributed by atoms with van der Waals surface area (Å²) in [5.74, 6) is 0.962. The molecular formula is C9H14O5S. The average Bonchev–Trinajstić information content (AvgIpc) is 2.14. The third kappa shape index (κ3) is 12.9. The van der Waals surface area contributed by atoms with Crippen molar-refractivity contribution in [1.29, 1.82) is 0 Å². The Labute approximate surface area is 89.3 Å². The summed E-state index contributed by atoms with van der Waals surface area (Å²) in [4.78, 5) is 0. The van der Waals surface area contributed by atoms with Gasteiger partial charge in [0.2, 0.25) is 0 Å². The number of rotatable bonds is 3. The first kappa shape index (κ1) is 13.9. The number of hydrogen-bond acceptors (Lipinski definition) is 3. The summed E-state index contributed by atoms with van der Waals surface area (Å²) in [6.45, 7) is 2.91. The molecule has 0 heterocycles. The van der Waals surface area contributed by atoms with Gasteiger partial charge in [0, 0.05) is 0 Å². The van der Waals surface area contributed by atoms with Crippen LogP contribution in [-0.4, -0.2) is 24.1 Å². The third-order valence-electron chi connectivity index (χ3n) is 1.22. The van der Waals surface area contributed by atoms with Crippen LogP contribution in [0.4, 0.5) is 0 Å². The van der Waals surface area contributed by atoms with Crippen molar-refractivity contribution < 1.29 is 22.3 Å². The van der Waals surface area contributed by atoms with E-state index < -0.39 is 10.4 Å². The highest BCUT2D eigenvalue weighted by Crippen LogP contribution is 2.07. The van der Waals surface area contributed by atoms with Crippen molar-refractivity contribution in [3.63, 3.8) is 0 Å². The number of hydrogen-bond donors (Lipinski definition) is 2. The standard InChI is InChI=1S/C9H12O.H2O4S/c1-2-8-10-9-6-4-3-5-7-9;1-5(2,3)4/h3-7H,2,8H2,1H3;(H2,1,2,3,4). The molecule has 2 N–H and O–H groups in total. The minimum atomic E-state index is -4.67. The lowest BCUT2D eigenvalue weighted by molar-refractivity contribution is 0.317. The fourth-order valence-electron chi connectivity index (χ4n) is 0.737. The highest BCUT2D eigenvalue weighted by atomic mass is 32.3. The Kier molecular flexibility index (Phi) is 6.68. The predicted octanol–water partition coefficient (Wildman–Crippen LogP) is 1.82. The Hall–Kier alpha value is -1.11. The lowest BCUT2D eigenvalue weighted by Crippen LogP contribution is -1.93. The minimum absolute atomic E-state index is 0.810. The summed E-state index contributed by atoms with van der Waals surface area (Å²) in [7, 11) is -4.67. The van der Waals surface area contributed by atoms with Crippen LogP contribution in [0.1, 0.15) is 13.3 Å². The summed E-state index contributed by atoms with van der Waals surface area (Å²) in [5.41, 5.74) is 0. The molecule has 6 heteroatoms. The van der Waals surface area contributed by atoms with E-state index in [9.17, 15) is 0 Å². The second-order valence-corrected chi connectivity index (χ2v) is 3.51. The lowest BCUT2D eigenvalue weighted by atomic mass is 10.3. The molecule has 0 spiro atoms. The monoisotopic (exact) mass is 234 g/mol. The van der Waals surface area contributed by atoms with Crippen molar-refractivity contribution in [1.82, 2.24) is 0 Å². The van der Waals surface area contributed by atoms with Crippen molar-refractivity contribution in [2.45, 2.75) is 13.3 Å². The molecule has 0 fully saturated rings. The van der Waals surface area contributed by atoms with E-state index in [1.807, 2.05) is 30.3 Å². The van der Waals surface area contributed by atoms with Crippen LogP contribution in [0.2, 0.25) is 0 Å². The van der Waals surface area contributed by atoms with E-state index in [-0.39, 0.29) is 0 Å². The van der Waals surface area contributed by atoms with Gasteiger partial charge in [0.1, 0.15) is 5.75 Å². The molecule has 86 valence electrons. The first-order valence-corrected chi connectivity index (χ1v) is 5.71. The van der Waals surface area contributed by atoms with Crippen molar-refractivity contribution in [2.24, 2.45) is 0 Å². The van der Waals surface area contributed by atoms with Crippen LogP contribution >= 0.6 is 0 Å². The van der Waals surface area contributed by atoms with Gasteiger partial charge in [-0.05, 0) is 18.6 Å². The lowest BCUT2D eigenvalue weighted by Gasteiger charge is -2.01. The van der Waals surface area contributed by atoms with E-state index in [4.69, 9.17) is 22.3 Å². The molecule has 15 heavy (non-hydrogen) atoms. The highest BCUT2D eigenvalue weighted by molar-refractivity contribution is 7.79. The van der Waals surface area contributed by atoms with Crippen LogP contribution < -0.4 is 4.74 Å². The Morgan fingerprint density at radius 2 is 1.67 bits per heavy atom. The number of ether oxygens (including phenoxy) is 1. The normalized spacial score (nSPS) is 10.1. The number of para-hydroxylation sites is 1. The zero-order valence-electron chi connectivity index (χ0n) is 8.33. The molecule has 0 aliphatic carbocycles. The van der Waals surface area contributed by atoms with E-state index in [2.05, 4.69) is 6.92 Å². The molecule has 0 aromatic heterocycles. The van der Waals surface area contributed by atoms with Crippen LogP contribution in [0.3, 0.4) is 0 Å². The second kappa shape index (κ2) is 7.22. The van der Waals surface area contributed by atoms with Gasteiger partial charge in [0.25, 0.3) is 0 Å². The van der Waals surface area contributed by atoms with Gasteiger partial charge in [-0.2, -0.15) is 8.42 Å². The zero-order valence-corrected chi connectivity index (χ0v) is 9.14. The summed E-state index contributed by atoms with van der Waals surface area (Å²) in [6, 6.07) is 9.88. The molecule has 1 aromatic carbocycles.